The Hall–Kier alpha value is -3.60. The van der Waals surface area contributed by atoms with Crippen LogP contribution in [0.5, 0.6) is 17.2 Å². The van der Waals surface area contributed by atoms with Crippen LogP contribution in [-0.2, 0) is 13.2 Å². The summed E-state index contributed by atoms with van der Waals surface area (Å²) < 4.78 is 34.2. The molecule has 0 radical (unpaired) electrons. The first-order valence-corrected chi connectivity index (χ1v) is 7.58. The first-order chi connectivity index (χ1) is 12.7. The third kappa shape index (κ3) is 4.27. The van der Waals surface area contributed by atoms with E-state index in [-0.39, 0.29) is 24.9 Å². The van der Waals surface area contributed by atoms with Crippen LogP contribution in [0.3, 0.4) is 0 Å². The largest absolute Gasteiger partial charge is 0.493 e. The molecule has 0 fully saturated rings. The van der Waals surface area contributed by atoms with E-state index in [9.17, 15) is 4.39 Å². The topological polar surface area (TPSA) is 90.4 Å². The SMILES string of the molecule is COc1cc(C#N)ccc1OCc1nc(COc2ccc(F)cc2)no1. The molecule has 2 aromatic carbocycles. The van der Waals surface area contributed by atoms with Gasteiger partial charge in [-0.25, -0.2) is 4.39 Å². The number of nitriles is 1. The van der Waals surface area contributed by atoms with Gasteiger partial charge in [-0.15, -0.1) is 0 Å². The number of ether oxygens (including phenoxy) is 3. The first-order valence-electron chi connectivity index (χ1n) is 7.58. The summed E-state index contributed by atoms with van der Waals surface area (Å²) in [6.07, 6.45) is 0. The molecule has 0 aliphatic carbocycles. The van der Waals surface area contributed by atoms with Gasteiger partial charge in [-0.2, -0.15) is 10.2 Å². The molecule has 0 unspecified atom stereocenters. The molecular formula is C18H14FN3O4. The maximum atomic E-state index is 12.8. The third-order valence-corrected chi connectivity index (χ3v) is 3.34. The van der Waals surface area contributed by atoms with Crippen molar-refractivity contribution < 1.29 is 23.1 Å². The van der Waals surface area contributed by atoms with Gasteiger partial charge in [0, 0.05) is 6.07 Å². The van der Waals surface area contributed by atoms with Crippen molar-refractivity contribution in [2.24, 2.45) is 0 Å². The number of hydrogen-bond acceptors (Lipinski definition) is 7. The van der Waals surface area contributed by atoms with Crippen molar-refractivity contribution in [1.82, 2.24) is 10.1 Å². The zero-order chi connectivity index (χ0) is 18.4. The summed E-state index contributed by atoms with van der Waals surface area (Å²) in [4.78, 5) is 4.15. The summed E-state index contributed by atoms with van der Waals surface area (Å²) in [7, 11) is 1.49. The van der Waals surface area contributed by atoms with E-state index < -0.39 is 0 Å². The molecule has 26 heavy (non-hydrogen) atoms. The predicted octanol–water partition coefficient (Wildman–Crippen LogP) is 3.25. The number of benzene rings is 2. The highest BCUT2D eigenvalue weighted by Crippen LogP contribution is 2.28. The highest BCUT2D eigenvalue weighted by molar-refractivity contribution is 5.46. The van der Waals surface area contributed by atoms with Gasteiger partial charge in [-0.05, 0) is 36.4 Å². The van der Waals surface area contributed by atoms with E-state index in [2.05, 4.69) is 10.1 Å². The molecule has 0 saturated heterocycles. The van der Waals surface area contributed by atoms with Crippen molar-refractivity contribution in [1.29, 1.82) is 5.26 Å². The smallest absolute Gasteiger partial charge is 0.264 e. The lowest BCUT2D eigenvalue weighted by Crippen LogP contribution is -2.00. The van der Waals surface area contributed by atoms with Crippen LogP contribution in [0.25, 0.3) is 0 Å². The number of methoxy groups -OCH3 is 1. The van der Waals surface area contributed by atoms with Gasteiger partial charge in [0.15, 0.2) is 24.7 Å². The monoisotopic (exact) mass is 355 g/mol. The summed E-state index contributed by atoms with van der Waals surface area (Å²) in [6.45, 7) is 0.112. The fraction of sp³-hybridized carbons (Fsp3) is 0.167. The molecule has 132 valence electrons. The van der Waals surface area contributed by atoms with E-state index in [1.165, 1.54) is 31.4 Å². The van der Waals surface area contributed by atoms with Gasteiger partial charge < -0.3 is 18.7 Å². The first kappa shape index (κ1) is 17.2. The van der Waals surface area contributed by atoms with Crippen LogP contribution in [0.1, 0.15) is 17.3 Å². The Morgan fingerprint density at radius 1 is 1.08 bits per heavy atom. The zero-order valence-corrected chi connectivity index (χ0v) is 13.8. The maximum Gasteiger partial charge on any atom is 0.264 e. The molecule has 1 aromatic heterocycles. The van der Waals surface area contributed by atoms with Crippen molar-refractivity contribution in [3.05, 3.63) is 65.6 Å². The quantitative estimate of drug-likeness (QED) is 0.642. The minimum absolute atomic E-state index is 0.0335. The summed E-state index contributed by atoms with van der Waals surface area (Å²) >= 11 is 0. The second-order valence-corrected chi connectivity index (χ2v) is 5.11. The standard InChI is InChI=1S/C18H14FN3O4/c1-23-16-8-12(9-20)2-7-15(16)25-11-18-21-17(22-26-18)10-24-14-5-3-13(19)4-6-14/h2-8H,10-11H2,1H3. The fourth-order valence-corrected chi connectivity index (χ4v) is 2.08. The molecule has 0 saturated carbocycles. The number of hydrogen-bond donors (Lipinski definition) is 0. The Balaban J connectivity index is 1.57. The van der Waals surface area contributed by atoms with E-state index in [4.69, 9.17) is 24.0 Å². The Kier molecular flexibility index (Phi) is 5.29. The fourth-order valence-electron chi connectivity index (χ4n) is 2.08. The molecule has 3 aromatic rings. The van der Waals surface area contributed by atoms with Crippen LogP contribution >= 0.6 is 0 Å². The molecule has 0 aliphatic rings. The normalized spacial score (nSPS) is 10.2. The van der Waals surface area contributed by atoms with Crippen LogP contribution < -0.4 is 14.2 Å². The Morgan fingerprint density at radius 3 is 2.62 bits per heavy atom. The summed E-state index contributed by atoms with van der Waals surface area (Å²) in [5.74, 6) is 1.64. The molecule has 3 rings (SSSR count). The Morgan fingerprint density at radius 2 is 1.88 bits per heavy atom. The molecule has 0 atom stereocenters. The zero-order valence-electron chi connectivity index (χ0n) is 13.8. The number of aromatic nitrogens is 2. The van der Waals surface area contributed by atoms with Gasteiger partial charge in [0.1, 0.15) is 11.6 Å². The number of halogens is 1. The van der Waals surface area contributed by atoms with E-state index in [0.717, 1.165) is 0 Å². The summed E-state index contributed by atoms with van der Waals surface area (Å²) in [6, 6.07) is 12.5. The van der Waals surface area contributed by atoms with Gasteiger partial charge in [0.2, 0.25) is 5.82 Å². The molecule has 7 nitrogen and oxygen atoms in total. The van der Waals surface area contributed by atoms with Crippen molar-refractivity contribution >= 4 is 0 Å². The lowest BCUT2D eigenvalue weighted by atomic mass is 10.2. The molecular weight excluding hydrogens is 341 g/mol. The van der Waals surface area contributed by atoms with Crippen LogP contribution in [0.15, 0.2) is 47.0 Å². The molecule has 0 bridgehead atoms. The second kappa shape index (κ2) is 7.98. The molecule has 8 heteroatoms. The molecule has 0 amide bonds. The molecule has 0 aliphatic heterocycles. The van der Waals surface area contributed by atoms with E-state index >= 15 is 0 Å². The minimum Gasteiger partial charge on any atom is -0.493 e. The van der Waals surface area contributed by atoms with Crippen molar-refractivity contribution in [2.45, 2.75) is 13.2 Å². The number of rotatable bonds is 7. The van der Waals surface area contributed by atoms with Crippen LogP contribution in [0.2, 0.25) is 0 Å². The van der Waals surface area contributed by atoms with Crippen molar-refractivity contribution in [2.75, 3.05) is 7.11 Å². The summed E-state index contributed by atoms with van der Waals surface area (Å²) in [5.41, 5.74) is 0.465. The average Bonchev–Trinajstić information content (AvgIpc) is 3.13. The van der Waals surface area contributed by atoms with Gasteiger partial charge in [-0.1, -0.05) is 5.16 Å². The average molecular weight is 355 g/mol. The van der Waals surface area contributed by atoms with E-state index in [1.54, 1.807) is 18.2 Å². The Labute approximate surface area is 148 Å². The molecule has 0 N–H and O–H groups in total. The van der Waals surface area contributed by atoms with Gasteiger partial charge in [0.05, 0.1) is 18.7 Å². The third-order valence-electron chi connectivity index (χ3n) is 3.34. The van der Waals surface area contributed by atoms with E-state index in [0.29, 0.717) is 28.6 Å². The predicted molar refractivity (Wildman–Crippen MR) is 87.1 cm³/mol. The highest BCUT2D eigenvalue weighted by Gasteiger charge is 2.11. The van der Waals surface area contributed by atoms with Crippen molar-refractivity contribution in [3.63, 3.8) is 0 Å². The van der Waals surface area contributed by atoms with Gasteiger partial charge >= 0.3 is 0 Å². The van der Waals surface area contributed by atoms with E-state index in [1.807, 2.05) is 6.07 Å². The van der Waals surface area contributed by atoms with Crippen LogP contribution in [0.4, 0.5) is 4.39 Å². The lowest BCUT2D eigenvalue weighted by Gasteiger charge is -2.08. The second-order valence-electron chi connectivity index (χ2n) is 5.11. The van der Waals surface area contributed by atoms with Gasteiger partial charge in [-0.3, -0.25) is 0 Å². The van der Waals surface area contributed by atoms with Crippen LogP contribution in [-0.4, -0.2) is 17.3 Å². The highest BCUT2D eigenvalue weighted by atomic mass is 19.1. The van der Waals surface area contributed by atoms with Gasteiger partial charge in [0.25, 0.3) is 5.89 Å². The molecule has 1 heterocycles. The maximum absolute atomic E-state index is 12.8. The molecule has 0 spiro atoms. The minimum atomic E-state index is -0.338. The Bertz CT molecular complexity index is 919. The van der Waals surface area contributed by atoms with Crippen molar-refractivity contribution in [3.8, 4) is 23.3 Å². The van der Waals surface area contributed by atoms with Crippen LogP contribution in [0, 0.1) is 17.1 Å². The summed E-state index contributed by atoms with van der Waals surface area (Å²) in [5, 5.41) is 12.7. The number of nitrogens with zero attached hydrogens (tertiary/aromatic N) is 3. The lowest BCUT2D eigenvalue weighted by molar-refractivity contribution is 0.231.